The zero-order valence-electron chi connectivity index (χ0n) is 13.4. The lowest BCUT2D eigenvalue weighted by atomic mass is 10.1. The number of furan rings is 1. The molecule has 0 aliphatic rings. The number of aliphatic hydroxyl groups excluding tert-OH is 1. The van der Waals surface area contributed by atoms with Crippen molar-refractivity contribution in [2.45, 2.75) is 31.3 Å². The van der Waals surface area contributed by atoms with Gasteiger partial charge in [-0.2, -0.15) is 0 Å². The fourth-order valence-corrected chi connectivity index (χ4v) is 3.49. The highest BCUT2D eigenvalue weighted by atomic mass is 32.2. The molecule has 7 nitrogen and oxygen atoms in total. The first-order chi connectivity index (χ1) is 11.2. The SMILES string of the molecule is Cc1oc(C)c(S(N)(=O)=O)c1C(=O)NC[C@H](O)Cc1ccccc1. The Morgan fingerprint density at radius 3 is 2.46 bits per heavy atom. The Labute approximate surface area is 140 Å². The lowest BCUT2D eigenvalue weighted by molar-refractivity contribution is 0.0911. The number of amides is 1. The normalized spacial score (nSPS) is 12.8. The standard InChI is InChI=1S/C16H20N2O5S/c1-10-14(15(11(2)23-10)24(17,21)22)16(20)18-9-13(19)8-12-6-4-3-5-7-12/h3-7,13,19H,8-9H2,1-2H3,(H,18,20)(H2,17,21,22)/t13-/m1/s1. The van der Waals surface area contributed by atoms with Gasteiger partial charge < -0.3 is 14.8 Å². The topological polar surface area (TPSA) is 123 Å². The summed E-state index contributed by atoms with van der Waals surface area (Å²) < 4.78 is 28.5. The highest BCUT2D eigenvalue weighted by Gasteiger charge is 2.28. The van der Waals surface area contributed by atoms with Crippen LogP contribution in [0.1, 0.15) is 27.4 Å². The Bertz CT molecular complexity index is 828. The van der Waals surface area contributed by atoms with Gasteiger partial charge in [-0.25, -0.2) is 13.6 Å². The number of carbonyl (C=O) groups excluding carboxylic acids is 1. The maximum absolute atomic E-state index is 12.3. The molecule has 2 aromatic rings. The van der Waals surface area contributed by atoms with Crippen molar-refractivity contribution >= 4 is 15.9 Å². The van der Waals surface area contributed by atoms with Crippen LogP contribution < -0.4 is 10.5 Å². The summed E-state index contributed by atoms with van der Waals surface area (Å²) in [6.07, 6.45) is -0.436. The smallest absolute Gasteiger partial charge is 0.256 e. The molecule has 0 spiro atoms. The molecule has 1 heterocycles. The number of sulfonamides is 1. The second-order valence-corrected chi connectivity index (χ2v) is 7.02. The van der Waals surface area contributed by atoms with Crippen molar-refractivity contribution in [3.05, 3.63) is 53.0 Å². The molecule has 1 atom stereocenters. The number of aliphatic hydroxyl groups is 1. The minimum absolute atomic E-state index is 0.0263. The van der Waals surface area contributed by atoms with Gasteiger partial charge in [-0.05, 0) is 19.4 Å². The third-order valence-electron chi connectivity index (χ3n) is 3.53. The van der Waals surface area contributed by atoms with Crippen LogP contribution in [-0.4, -0.2) is 32.1 Å². The average molecular weight is 352 g/mol. The predicted octanol–water partition coefficient (Wildman–Crippen LogP) is 0.877. The molecule has 2 rings (SSSR count). The van der Waals surface area contributed by atoms with E-state index in [4.69, 9.17) is 9.56 Å². The monoisotopic (exact) mass is 352 g/mol. The minimum atomic E-state index is -4.09. The number of benzene rings is 1. The first kappa shape index (κ1) is 18.2. The fraction of sp³-hybridized carbons (Fsp3) is 0.312. The van der Waals surface area contributed by atoms with Crippen LogP contribution in [0.5, 0.6) is 0 Å². The van der Waals surface area contributed by atoms with Crippen LogP contribution in [0.4, 0.5) is 0 Å². The van der Waals surface area contributed by atoms with Crippen LogP contribution in [0.3, 0.4) is 0 Å². The molecule has 24 heavy (non-hydrogen) atoms. The maximum Gasteiger partial charge on any atom is 0.256 e. The van der Waals surface area contributed by atoms with Crippen LogP contribution in [0, 0.1) is 13.8 Å². The number of primary sulfonamides is 1. The van der Waals surface area contributed by atoms with E-state index in [1.54, 1.807) is 0 Å². The van der Waals surface area contributed by atoms with Gasteiger partial charge in [0, 0.05) is 13.0 Å². The van der Waals surface area contributed by atoms with Gasteiger partial charge in [-0.3, -0.25) is 4.79 Å². The van der Waals surface area contributed by atoms with Gasteiger partial charge in [0.1, 0.15) is 22.0 Å². The second kappa shape index (κ2) is 7.16. The molecule has 4 N–H and O–H groups in total. The number of rotatable bonds is 6. The molecule has 0 bridgehead atoms. The number of nitrogens with two attached hydrogens (primary N) is 1. The predicted molar refractivity (Wildman–Crippen MR) is 88.0 cm³/mol. The van der Waals surface area contributed by atoms with E-state index in [0.717, 1.165) is 5.56 Å². The Hall–Kier alpha value is -2.16. The Kier molecular flexibility index (Phi) is 5.43. The number of carbonyl (C=O) groups is 1. The van der Waals surface area contributed by atoms with Crippen molar-refractivity contribution in [3.8, 4) is 0 Å². The molecule has 1 amide bonds. The summed E-state index contributed by atoms with van der Waals surface area (Å²) in [5.41, 5.74) is 0.807. The summed E-state index contributed by atoms with van der Waals surface area (Å²) >= 11 is 0. The maximum atomic E-state index is 12.3. The van der Waals surface area contributed by atoms with Crippen molar-refractivity contribution < 1.29 is 22.7 Å². The molecular formula is C16H20N2O5S. The van der Waals surface area contributed by atoms with Gasteiger partial charge in [0.15, 0.2) is 0 Å². The van der Waals surface area contributed by atoms with Crippen LogP contribution >= 0.6 is 0 Å². The van der Waals surface area contributed by atoms with Crippen molar-refractivity contribution in [3.63, 3.8) is 0 Å². The Morgan fingerprint density at radius 1 is 1.25 bits per heavy atom. The quantitative estimate of drug-likeness (QED) is 0.712. The molecule has 0 saturated heterocycles. The molecule has 130 valence electrons. The number of hydrogen-bond donors (Lipinski definition) is 3. The minimum Gasteiger partial charge on any atom is -0.464 e. The van der Waals surface area contributed by atoms with Gasteiger partial charge in [0.2, 0.25) is 10.0 Å². The molecule has 0 aliphatic heterocycles. The fourth-order valence-electron chi connectivity index (χ4n) is 2.53. The summed E-state index contributed by atoms with van der Waals surface area (Å²) in [4.78, 5) is 12.0. The number of nitrogens with one attached hydrogen (secondary N) is 1. The third kappa shape index (κ3) is 4.22. The molecular weight excluding hydrogens is 332 g/mol. The molecule has 8 heteroatoms. The zero-order valence-corrected chi connectivity index (χ0v) is 14.3. The second-order valence-electron chi connectivity index (χ2n) is 5.52. The van der Waals surface area contributed by atoms with E-state index in [0.29, 0.717) is 6.42 Å². The lowest BCUT2D eigenvalue weighted by Crippen LogP contribution is -2.34. The average Bonchev–Trinajstić information content (AvgIpc) is 2.80. The summed E-state index contributed by atoms with van der Waals surface area (Å²) in [5.74, 6) is -0.433. The first-order valence-corrected chi connectivity index (χ1v) is 8.87. The van der Waals surface area contributed by atoms with Gasteiger partial charge in [0.05, 0.1) is 6.10 Å². The largest absolute Gasteiger partial charge is 0.464 e. The van der Waals surface area contributed by atoms with E-state index in [9.17, 15) is 18.3 Å². The lowest BCUT2D eigenvalue weighted by Gasteiger charge is -2.12. The Morgan fingerprint density at radius 2 is 1.88 bits per heavy atom. The third-order valence-corrected chi connectivity index (χ3v) is 4.59. The van der Waals surface area contributed by atoms with Gasteiger partial charge in [-0.15, -0.1) is 0 Å². The van der Waals surface area contributed by atoms with Crippen LogP contribution in [0.15, 0.2) is 39.6 Å². The van der Waals surface area contributed by atoms with E-state index < -0.39 is 22.0 Å². The Balaban J connectivity index is 2.08. The molecule has 0 fully saturated rings. The summed E-state index contributed by atoms with van der Waals surface area (Å²) in [7, 11) is -4.09. The molecule has 0 radical (unpaired) electrons. The van der Waals surface area contributed by atoms with Crippen molar-refractivity contribution in [2.75, 3.05) is 6.54 Å². The van der Waals surface area contributed by atoms with Crippen LogP contribution in [0.2, 0.25) is 0 Å². The molecule has 0 aliphatic carbocycles. The highest BCUT2D eigenvalue weighted by Crippen LogP contribution is 2.25. The first-order valence-electron chi connectivity index (χ1n) is 7.33. The molecule has 0 saturated carbocycles. The van der Waals surface area contributed by atoms with Crippen molar-refractivity contribution in [2.24, 2.45) is 5.14 Å². The zero-order chi connectivity index (χ0) is 17.9. The van der Waals surface area contributed by atoms with E-state index in [1.165, 1.54) is 13.8 Å². The number of aryl methyl sites for hydroxylation is 2. The summed E-state index contributed by atoms with van der Waals surface area (Å²) in [6.45, 7) is 2.88. The van der Waals surface area contributed by atoms with Crippen molar-refractivity contribution in [1.29, 1.82) is 0 Å². The molecule has 0 unspecified atom stereocenters. The molecule has 1 aromatic heterocycles. The van der Waals surface area contributed by atoms with E-state index in [2.05, 4.69) is 5.32 Å². The summed E-state index contributed by atoms with van der Waals surface area (Å²) in [5, 5.41) is 17.7. The van der Waals surface area contributed by atoms with Gasteiger partial charge in [0.25, 0.3) is 5.91 Å². The van der Waals surface area contributed by atoms with Gasteiger partial charge in [-0.1, -0.05) is 30.3 Å². The highest BCUT2D eigenvalue weighted by molar-refractivity contribution is 7.89. The number of hydrogen-bond acceptors (Lipinski definition) is 5. The molecule has 1 aromatic carbocycles. The van der Waals surface area contributed by atoms with E-state index in [-0.39, 0.29) is 28.5 Å². The van der Waals surface area contributed by atoms with Gasteiger partial charge >= 0.3 is 0 Å². The van der Waals surface area contributed by atoms with Crippen LogP contribution in [-0.2, 0) is 16.4 Å². The van der Waals surface area contributed by atoms with Crippen molar-refractivity contribution in [1.82, 2.24) is 5.32 Å². The van der Waals surface area contributed by atoms with E-state index in [1.807, 2.05) is 30.3 Å². The summed E-state index contributed by atoms with van der Waals surface area (Å²) in [6, 6.07) is 9.32. The van der Waals surface area contributed by atoms with Crippen LogP contribution in [0.25, 0.3) is 0 Å². The van der Waals surface area contributed by atoms with E-state index >= 15 is 0 Å².